The maximum atomic E-state index is 5.93. The summed E-state index contributed by atoms with van der Waals surface area (Å²) < 4.78 is 5.93. The van der Waals surface area contributed by atoms with Crippen LogP contribution in [0.2, 0.25) is 0 Å². The average molecular weight is 373 g/mol. The Morgan fingerprint density at radius 1 is 0.923 bits per heavy atom. The molecule has 0 atom stereocenters. The maximum Gasteiger partial charge on any atom is 0.119 e. The van der Waals surface area contributed by atoms with Crippen LogP contribution in [0.1, 0.15) is 77.7 Å². The molecular formula is C24H36OS. The Morgan fingerprint density at radius 3 is 2.12 bits per heavy atom. The van der Waals surface area contributed by atoms with E-state index in [4.69, 9.17) is 4.74 Å². The molecule has 1 saturated carbocycles. The molecule has 1 fully saturated rings. The first-order chi connectivity index (χ1) is 12.2. The highest BCUT2D eigenvalue weighted by molar-refractivity contribution is 7.10. The van der Waals surface area contributed by atoms with Gasteiger partial charge in [-0.1, -0.05) is 72.6 Å². The van der Waals surface area contributed by atoms with E-state index in [1.807, 2.05) is 11.3 Å². The van der Waals surface area contributed by atoms with E-state index in [2.05, 4.69) is 83.3 Å². The van der Waals surface area contributed by atoms with Crippen LogP contribution in [0.4, 0.5) is 0 Å². The van der Waals surface area contributed by atoms with Gasteiger partial charge in [0.1, 0.15) is 5.75 Å². The van der Waals surface area contributed by atoms with Gasteiger partial charge in [0.15, 0.2) is 0 Å². The van der Waals surface area contributed by atoms with Crippen molar-refractivity contribution < 1.29 is 4.74 Å². The molecule has 0 radical (unpaired) electrons. The molecule has 2 heteroatoms. The van der Waals surface area contributed by atoms with Crippen LogP contribution >= 0.6 is 11.3 Å². The highest BCUT2D eigenvalue weighted by Crippen LogP contribution is 2.28. The lowest BCUT2D eigenvalue weighted by atomic mass is 9.87. The standard InChI is InChI=1S/C16H24O.C8H12S/c1-16(2,3)14-9-6-10-15(11-14)17-12-13-7-4-5-8-13;1-8(2,3)7-5-4-6-9-7/h6,9-11,13H,4-5,7-8,12H2,1-3H3;4-6H,1-3H3. The number of thiophene rings is 1. The molecule has 26 heavy (non-hydrogen) atoms. The number of hydrogen-bond acceptors (Lipinski definition) is 2. The molecular weight excluding hydrogens is 336 g/mol. The summed E-state index contributed by atoms with van der Waals surface area (Å²) in [6, 6.07) is 12.8. The Balaban J connectivity index is 0.000000228. The summed E-state index contributed by atoms with van der Waals surface area (Å²) >= 11 is 1.83. The molecule has 1 aliphatic rings. The van der Waals surface area contributed by atoms with Crippen molar-refractivity contribution in [2.45, 2.75) is 78.1 Å². The quantitative estimate of drug-likeness (QED) is 0.539. The molecule has 0 unspecified atom stereocenters. The second-order valence-electron chi connectivity index (χ2n) is 9.47. The Morgan fingerprint density at radius 2 is 1.62 bits per heavy atom. The van der Waals surface area contributed by atoms with E-state index in [0.29, 0.717) is 5.41 Å². The summed E-state index contributed by atoms with van der Waals surface area (Å²) in [6.45, 7) is 14.3. The van der Waals surface area contributed by atoms with Gasteiger partial charge in [0, 0.05) is 4.88 Å². The van der Waals surface area contributed by atoms with Crippen molar-refractivity contribution in [3.05, 3.63) is 52.2 Å². The maximum absolute atomic E-state index is 5.93. The van der Waals surface area contributed by atoms with Crippen LogP contribution in [-0.4, -0.2) is 6.61 Å². The third-order valence-corrected chi connectivity index (χ3v) is 6.22. The smallest absolute Gasteiger partial charge is 0.119 e. The van der Waals surface area contributed by atoms with Gasteiger partial charge >= 0.3 is 0 Å². The highest BCUT2D eigenvalue weighted by atomic mass is 32.1. The summed E-state index contributed by atoms with van der Waals surface area (Å²) in [7, 11) is 0. The molecule has 1 nitrogen and oxygen atoms in total. The fourth-order valence-corrected chi connectivity index (χ4v) is 3.96. The first-order valence-electron chi connectivity index (χ1n) is 9.93. The molecule has 0 bridgehead atoms. The SMILES string of the molecule is CC(C)(C)c1cccc(OCC2CCCC2)c1.CC(C)(C)c1cccs1. The van der Waals surface area contributed by atoms with Crippen LogP contribution in [0.5, 0.6) is 5.75 Å². The molecule has 1 aromatic heterocycles. The molecule has 3 rings (SSSR count). The molecule has 2 aromatic rings. The lowest BCUT2D eigenvalue weighted by Crippen LogP contribution is -2.12. The summed E-state index contributed by atoms with van der Waals surface area (Å²) in [5.41, 5.74) is 1.89. The minimum absolute atomic E-state index is 0.201. The number of rotatable bonds is 3. The van der Waals surface area contributed by atoms with Gasteiger partial charge in [-0.15, -0.1) is 11.3 Å². The van der Waals surface area contributed by atoms with Gasteiger partial charge in [-0.2, -0.15) is 0 Å². The van der Waals surface area contributed by atoms with Gasteiger partial charge in [0.25, 0.3) is 0 Å². The van der Waals surface area contributed by atoms with Crippen LogP contribution in [0.15, 0.2) is 41.8 Å². The average Bonchev–Trinajstić information content (AvgIpc) is 3.26. The van der Waals surface area contributed by atoms with Gasteiger partial charge < -0.3 is 4.74 Å². The van der Waals surface area contributed by atoms with Gasteiger partial charge in [0.2, 0.25) is 0 Å². The number of hydrogen-bond donors (Lipinski definition) is 0. The minimum Gasteiger partial charge on any atom is -0.493 e. The van der Waals surface area contributed by atoms with E-state index in [9.17, 15) is 0 Å². The van der Waals surface area contributed by atoms with Crippen LogP contribution in [0, 0.1) is 5.92 Å². The molecule has 0 amide bonds. The Hall–Kier alpha value is -1.28. The van der Waals surface area contributed by atoms with Crippen molar-refractivity contribution in [2.75, 3.05) is 6.61 Å². The summed E-state index contributed by atoms with van der Waals surface area (Å²) in [5.74, 6) is 1.82. The second kappa shape index (κ2) is 9.08. The van der Waals surface area contributed by atoms with Crippen LogP contribution in [0.3, 0.4) is 0 Å². The molecule has 0 saturated heterocycles. The van der Waals surface area contributed by atoms with E-state index in [-0.39, 0.29) is 5.41 Å². The number of ether oxygens (including phenoxy) is 1. The first-order valence-corrected chi connectivity index (χ1v) is 10.8. The third-order valence-electron chi connectivity index (χ3n) is 4.92. The molecule has 144 valence electrons. The van der Waals surface area contributed by atoms with Crippen molar-refractivity contribution in [3.8, 4) is 5.75 Å². The Kier molecular flexibility index (Phi) is 7.34. The van der Waals surface area contributed by atoms with E-state index >= 15 is 0 Å². The first kappa shape index (κ1) is 21.0. The lowest BCUT2D eigenvalue weighted by molar-refractivity contribution is 0.251. The third kappa shape index (κ3) is 6.79. The predicted octanol–water partition coefficient (Wildman–Crippen LogP) is 7.60. The highest BCUT2D eigenvalue weighted by Gasteiger charge is 2.17. The lowest BCUT2D eigenvalue weighted by Gasteiger charge is -2.20. The fourth-order valence-electron chi connectivity index (χ4n) is 3.15. The fraction of sp³-hybridized carbons (Fsp3) is 0.583. The topological polar surface area (TPSA) is 9.23 Å². The second-order valence-corrected chi connectivity index (χ2v) is 10.4. The summed E-state index contributed by atoms with van der Waals surface area (Å²) in [6.07, 6.45) is 5.46. The number of benzene rings is 1. The van der Waals surface area contributed by atoms with E-state index < -0.39 is 0 Å². The van der Waals surface area contributed by atoms with Crippen molar-refractivity contribution >= 4 is 11.3 Å². The molecule has 0 aliphatic heterocycles. The van der Waals surface area contributed by atoms with Crippen molar-refractivity contribution in [1.82, 2.24) is 0 Å². The van der Waals surface area contributed by atoms with Crippen LogP contribution in [-0.2, 0) is 10.8 Å². The van der Waals surface area contributed by atoms with Crippen molar-refractivity contribution in [1.29, 1.82) is 0 Å². The van der Waals surface area contributed by atoms with Gasteiger partial charge in [-0.25, -0.2) is 0 Å². The monoisotopic (exact) mass is 372 g/mol. The minimum atomic E-state index is 0.201. The summed E-state index contributed by atoms with van der Waals surface area (Å²) in [5, 5.41) is 2.13. The van der Waals surface area contributed by atoms with E-state index in [0.717, 1.165) is 18.3 Å². The zero-order valence-electron chi connectivity index (χ0n) is 17.5. The van der Waals surface area contributed by atoms with Crippen molar-refractivity contribution in [2.24, 2.45) is 5.92 Å². The van der Waals surface area contributed by atoms with Gasteiger partial charge in [-0.05, 0) is 58.7 Å². The molecule has 1 aliphatic carbocycles. The van der Waals surface area contributed by atoms with Gasteiger partial charge in [0.05, 0.1) is 6.61 Å². The van der Waals surface area contributed by atoms with E-state index in [1.54, 1.807) is 0 Å². The summed E-state index contributed by atoms with van der Waals surface area (Å²) in [4.78, 5) is 1.46. The Labute approximate surface area is 164 Å². The Bertz CT molecular complexity index is 638. The zero-order valence-corrected chi connectivity index (χ0v) is 18.3. The molecule has 1 aromatic carbocycles. The van der Waals surface area contributed by atoms with Crippen molar-refractivity contribution in [3.63, 3.8) is 0 Å². The van der Waals surface area contributed by atoms with E-state index in [1.165, 1.54) is 36.1 Å². The largest absolute Gasteiger partial charge is 0.493 e. The van der Waals surface area contributed by atoms with Crippen LogP contribution < -0.4 is 4.74 Å². The molecule has 0 N–H and O–H groups in total. The van der Waals surface area contributed by atoms with Gasteiger partial charge in [-0.3, -0.25) is 0 Å². The molecule has 1 heterocycles. The normalized spacial score (nSPS) is 15.5. The predicted molar refractivity (Wildman–Crippen MR) is 116 cm³/mol. The van der Waals surface area contributed by atoms with Crippen LogP contribution in [0.25, 0.3) is 0 Å². The zero-order chi connectivity index (χ0) is 19.2. The molecule has 0 spiro atoms.